The smallest absolute Gasteiger partial charge is 0.212 e. The molecular formula is C19H26FIN4O2. The Morgan fingerprint density at radius 3 is 2.52 bits per heavy atom. The Hall–Kier alpha value is -2.10. The van der Waals surface area contributed by atoms with E-state index in [0.717, 1.165) is 12.1 Å². The van der Waals surface area contributed by atoms with E-state index in [0.29, 0.717) is 30.7 Å². The van der Waals surface area contributed by atoms with Gasteiger partial charge in [-0.25, -0.2) is 14.4 Å². The first-order valence-electron chi connectivity index (χ1n) is 8.54. The minimum Gasteiger partial charge on any atom is -0.489 e. The average Bonchev–Trinajstić information content (AvgIpc) is 2.66. The highest BCUT2D eigenvalue weighted by Gasteiger charge is 2.06. The fourth-order valence-corrected chi connectivity index (χ4v) is 2.16. The number of hydrogen-bond donors (Lipinski definition) is 2. The van der Waals surface area contributed by atoms with Gasteiger partial charge in [0.25, 0.3) is 0 Å². The zero-order valence-electron chi connectivity index (χ0n) is 15.7. The Kier molecular flexibility index (Phi) is 10.5. The second-order valence-electron chi connectivity index (χ2n) is 5.67. The van der Waals surface area contributed by atoms with Crippen LogP contribution in [0.3, 0.4) is 0 Å². The number of nitrogens with zero attached hydrogens (tertiary/aromatic N) is 2. The molecule has 0 fully saturated rings. The third kappa shape index (κ3) is 8.42. The summed E-state index contributed by atoms with van der Waals surface area (Å²) in [6.45, 7) is 5.75. The van der Waals surface area contributed by atoms with Crippen molar-refractivity contribution >= 4 is 29.9 Å². The molecule has 8 heteroatoms. The average molecular weight is 488 g/mol. The number of aromatic nitrogens is 1. The number of rotatable bonds is 8. The number of aliphatic imine (C=N–C) groups is 1. The molecule has 0 aliphatic heterocycles. The van der Waals surface area contributed by atoms with Gasteiger partial charge in [0.05, 0.1) is 20.2 Å². The second-order valence-corrected chi connectivity index (χ2v) is 5.67. The predicted molar refractivity (Wildman–Crippen MR) is 116 cm³/mol. The van der Waals surface area contributed by atoms with Gasteiger partial charge in [-0.3, -0.25) is 0 Å². The summed E-state index contributed by atoms with van der Waals surface area (Å²) in [6.07, 6.45) is 1.64. The van der Waals surface area contributed by atoms with Crippen molar-refractivity contribution in [2.45, 2.75) is 26.5 Å². The molecular weight excluding hydrogens is 462 g/mol. The fraction of sp³-hybridized carbons (Fsp3) is 0.368. The number of benzene rings is 1. The lowest BCUT2D eigenvalue weighted by molar-refractivity contribution is 0.223. The van der Waals surface area contributed by atoms with Crippen LogP contribution in [0.1, 0.15) is 19.4 Å². The Labute approximate surface area is 176 Å². The first-order valence-corrected chi connectivity index (χ1v) is 8.54. The van der Waals surface area contributed by atoms with E-state index in [1.54, 1.807) is 25.4 Å². The number of ether oxygens (including phenoxy) is 2. The normalized spacial score (nSPS) is 11.9. The molecule has 0 saturated carbocycles. The summed E-state index contributed by atoms with van der Waals surface area (Å²) in [4.78, 5) is 8.71. The van der Waals surface area contributed by atoms with Crippen LogP contribution in [0.25, 0.3) is 0 Å². The summed E-state index contributed by atoms with van der Waals surface area (Å²) in [5.41, 5.74) is 0.985. The van der Waals surface area contributed by atoms with E-state index < -0.39 is 0 Å². The monoisotopic (exact) mass is 488 g/mol. The molecule has 1 unspecified atom stereocenters. The standard InChI is InChI=1S/C19H25FN4O2.HI/c1-4-21-19(24-13-15-5-10-18(25-3)22-12-15)23-11-14(2)26-17-8-6-16(20)7-9-17;/h5-10,12,14H,4,11,13H2,1-3H3,(H2,21,23,24);1H. The van der Waals surface area contributed by atoms with Crippen LogP contribution >= 0.6 is 24.0 Å². The van der Waals surface area contributed by atoms with Gasteiger partial charge in [-0.05, 0) is 43.7 Å². The molecule has 2 rings (SSSR count). The van der Waals surface area contributed by atoms with Gasteiger partial charge < -0.3 is 20.1 Å². The molecule has 148 valence electrons. The van der Waals surface area contributed by atoms with Gasteiger partial charge in [-0.15, -0.1) is 24.0 Å². The molecule has 0 bridgehead atoms. The molecule has 1 atom stereocenters. The molecule has 0 aliphatic rings. The fourth-order valence-electron chi connectivity index (χ4n) is 2.16. The van der Waals surface area contributed by atoms with E-state index in [4.69, 9.17) is 9.47 Å². The summed E-state index contributed by atoms with van der Waals surface area (Å²) in [7, 11) is 1.59. The van der Waals surface area contributed by atoms with Crippen molar-refractivity contribution in [3.05, 3.63) is 54.0 Å². The lowest BCUT2D eigenvalue weighted by Gasteiger charge is -2.17. The lowest BCUT2D eigenvalue weighted by Crippen LogP contribution is -2.41. The predicted octanol–water partition coefficient (Wildman–Crippen LogP) is 3.37. The molecule has 2 N–H and O–H groups in total. The van der Waals surface area contributed by atoms with Crippen LogP contribution in [-0.2, 0) is 6.54 Å². The maximum Gasteiger partial charge on any atom is 0.212 e. The van der Waals surface area contributed by atoms with Crippen LogP contribution in [0.5, 0.6) is 11.6 Å². The minimum absolute atomic E-state index is 0. The van der Waals surface area contributed by atoms with E-state index in [-0.39, 0.29) is 35.9 Å². The lowest BCUT2D eigenvalue weighted by atomic mass is 10.3. The third-order valence-electron chi connectivity index (χ3n) is 3.48. The van der Waals surface area contributed by atoms with Crippen LogP contribution in [0, 0.1) is 5.82 Å². The van der Waals surface area contributed by atoms with Gasteiger partial charge in [0.15, 0.2) is 5.96 Å². The molecule has 2 aromatic rings. The van der Waals surface area contributed by atoms with Crippen molar-refractivity contribution in [2.24, 2.45) is 4.99 Å². The number of guanidine groups is 1. The largest absolute Gasteiger partial charge is 0.489 e. The van der Waals surface area contributed by atoms with Crippen molar-refractivity contribution < 1.29 is 13.9 Å². The second kappa shape index (κ2) is 12.3. The number of pyridine rings is 1. The molecule has 0 amide bonds. The first kappa shape index (κ1) is 22.9. The van der Waals surface area contributed by atoms with Gasteiger partial charge in [0.1, 0.15) is 17.7 Å². The van der Waals surface area contributed by atoms with Crippen molar-refractivity contribution in [1.82, 2.24) is 15.6 Å². The highest BCUT2D eigenvalue weighted by Crippen LogP contribution is 2.12. The molecule has 0 aliphatic carbocycles. The molecule has 6 nitrogen and oxygen atoms in total. The van der Waals surface area contributed by atoms with Crippen molar-refractivity contribution in [1.29, 1.82) is 0 Å². The minimum atomic E-state index is -0.280. The third-order valence-corrected chi connectivity index (χ3v) is 3.48. The van der Waals surface area contributed by atoms with E-state index in [1.165, 1.54) is 12.1 Å². The summed E-state index contributed by atoms with van der Waals surface area (Å²) in [5.74, 6) is 1.62. The molecule has 1 aromatic heterocycles. The quantitative estimate of drug-likeness (QED) is 0.339. The van der Waals surface area contributed by atoms with Crippen LogP contribution in [0.4, 0.5) is 4.39 Å². The van der Waals surface area contributed by atoms with Crippen molar-refractivity contribution in [3.8, 4) is 11.6 Å². The zero-order chi connectivity index (χ0) is 18.8. The van der Waals surface area contributed by atoms with E-state index in [9.17, 15) is 4.39 Å². The Bertz CT molecular complexity index is 696. The van der Waals surface area contributed by atoms with Crippen molar-refractivity contribution in [3.63, 3.8) is 0 Å². The summed E-state index contributed by atoms with van der Waals surface area (Å²) in [6, 6.07) is 9.72. The molecule has 27 heavy (non-hydrogen) atoms. The number of halogens is 2. The highest BCUT2D eigenvalue weighted by molar-refractivity contribution is 14.0. The molecule has 1 heterocycles. The highest BCUT2D eigenvalue weighted by atomic mass is 127. The van der Waals surface area contributed by atoms with Gasteiger partial charge in [-0.2, -0.15) is 0 Å². The number of hydrogen-bond acceptors (Lipinski definition) is 4. The molecule has 0 saturated heterocycles. The van der Waals surface area contributed by atoms with Gasteiger partial charge in [-0.1, -0.05) is 6.07 Å². The van der Waals surface area contributed by atoms with Crippen LogP contribution in [-0.4, -0.2) is 37.2 Å². The summed E-state index contributed by atoms with van der Waals surface area (Å²) < 4.78 is 23.7. The van der Waals surface area contributed by atoms with Crippen LogP contribution in [0.15, 0.2) is 47.6 Å². The number of nitrogens with one attached hydrogen (secondary N) is 2. The maximum atomic E-state index is 12.9. The Morgan fingerprint density at radius 2 is 1.93 bits per heavy atom. The summed E-state index contributed by atoms with van der Waals surface area (Å²) in [5, 5.41) is 6.43. The van der Waals surface area contributed by atoms with E-state index in [1.807, 2.05) is 26.0 Å². The first-order chi connectivity index (χ1) is 12.6. The van der Waals surface area contributed by atoms with Crippen LogP contribution < -0.4 is 20.1 Å². The van der Waals surface area contributed by atoms with Crippen LogP contribution in [0.2, 0.25) is 0 Å². The van der Waals surface area contributed by atoms with E-state index >= 15 is 0 Å². The van der Waals surface area contributed by atoms with Gasteiger partial charge >= 0.3 is 0 Å². The van der Waals surface area contributed by atoms with Gasteiger partial charge in [0.2, 0.25) is 5.88 Å². The topological polar surface area (TPSA) is 67.8 Å². The Morgan fingerprint density at radius 1 is 1.19 bits per heavy atom. The Balaban J connectivity index is 0.00000364. The van der Waals surface area contributed by atoms with Gasteiger partial charge in [0, 0.05) is 18.8 Å². The number of methoxy groups -OCH3 is 1. The maximum absolute atomic E-state index is 12.9. The SMILES string of the molecule is CCNC(=NCc1ccc(OC)nc1)NCC(C)Oc1ccc(F)cc1.I. The molecule has 0 radical (unpaired) electrons. The zero-order valence-corrected chi connectivity index (χ0v) is 18.1. The molecule has 1 aromatic carbocycles. The molecule has 0 spiro atoms. The van der Waals surface area contributed by atoms with Crippen molar-refractivity contribution in [2.75, 3.05) is 20.2 Å². The summed E-state index contributed by atoms with van der Waals surface area (Å²) >= 11 is 0. The van der Waals surface area contributed by atoms with E-state index in [2.05, 4.69) is 20.6 Å².